The lowest BCUT2D eigenvalue weighted by atomic mass is 10.0. The van der Waals surface area contributed by atoms with Gasteiger partial charge in [0.1, 0.15) is 5.75 Å². The molecule has 4 atom stereocenters. The number of likely N-dealkylation sites (N-methyl/N-ethyl adjacent to an activating group) is 1. The summed E-state index contributed by atoms with van der Waals surface area (Å²) in [6.07, 6.45) is -2.82. The van der Waals surface area contributed by atoms with E-state index in [-0.39, 0.29) is 47.4 Å². The van der Waals surface area contributed by atoms with Gasteiger partial charge < -0.3 is 19.5 Å². The van der Waals surface area contributed by atoms with E-state index < -0.39 is 33.7 Å². The number of benzene rings is 3. The van der Waals surface area contributed by atoms with Crippen LogP contribution in [0.5, 0.6) is 5.75 Å². The van der Waals surface area contributed by atoms with Gasteiger partial charge >= 0.3 is 6.18 Å². The van der Waals surface area contributed by atoms with Gasteiger partial charge in [-0.1, -0.05) is 30.7 Å². The highest BCUT2D eigenvalue weighted by atomic mass is 35.5. The summed E-state index contributed by atoms with van der Waals surface area (Å²) < 4.78 is 80.7. The Hall–Kier alpha value is -3.36. The van der Waals surface area contributed by atoms with E-state index in [0.29, 0.717) is 42.5 Å². The van der Waals surface area contributed by atoms with Crippen LogP contribution in [-0.4, -0.2) is 80.8 Å². The maximum atomic E-state index is 14.4. The summed E-state index contributed by atoms with van der Waals surface area (Å²) in [5.74, 6) is -0.399. The lowest BCUT2D eigenvalue weighted by Gasteiger charge is -2.36. The fourth-order valence-electron chi connectivity index (χ4n) is 5.76. The van der Waals surface area contributed by atoms with Crippen LogP contribution in [0.25, 0.3) is 0 Å². The average Bonchev–Trinajstić information content (AvgIpc) is 3.06. The van der Waals surface area contributed by atoms with Gasteiger partial charge in [-0.15, -0.1) is 0 Å². The third kappa shape index (κ3) is 10.8. The summed E-state index contributed by atoms with van der Waals surface area (Å²) >= 11 is 5.94. The number of carbonyl (C=O) groups is 1. The lowest BCUT2D eigenvalue weighted by molar-refractivity contribution is -0.137. The quantitative estimate of drug-likeness (QED) is 0.241. The first-order valence-corrected chi connectivity index (χ1v) is 18.4. The predicted molar refractivity (Wildman–Crippen MR) is 187 cm³/mol. The Labute approximate surface area is 297 Å². The van der Waals surface area contributed by atoms with Gasteiger partial charge in [0.25, 0.3) is 15.9 Å². The Morgan fingerprint density at radius 1 is 1.06 bits per heavy atom. The number of aliphatic hydroxyl groups is 1. The molecule has 0 bridgehead atoms. The predicted octanol–water partition coefficient (Wildman–Crippen LogP) is 7.09. The minimum absolute atomic E-state index is 0.00290. The van der Waals surface area contributed by atoms with Gasteiger partial charge in [-0.05, 0) is 100 Å². The fraction of sp³-hybridized carbons (Fsp3) is 0.472. The highest BCUT2D eigenvalue weighted by molar-refractivity contribution is 7.92. The van der Waals surface area contributed by atoms with Crippen LogP contribution >= 0.6 is 11.6 Å². The third-order valence-electron chi connectivity index (χ3n) is 8.65. The second-order valence-corrected chi connectivity index (χ2v) is 15.1. The van der Waals surface area contributed by atoms with Gasteiger partial charge in [0.15, 0.2) is 0 Å². The summed E-state index contributed by atoms with van der Waals surface area (Å²) in [6, 6.07) is 14.7. The number of halogens is 4. The molecule has 274 valence electrons. The van der Waals surface area contributed by atoms with Crippen molar-refractivity contribution in [3.63, 3.8) is 0 Å². The van der Waals surface area contributed by atoms with Crippen molar-refractivity contribution in [2.75, 3.05) is 38.1 Å². The van der Waals surface area contributed by atoms with E-state index in [1.54, 1.807) is 13.0 Å². The smallest absolute Gasteiger partial charge is 0.416 e. The molecule has 0 aromatic heterocycles. The van der Waals surface area contributed by atoms with Crippen molar-refractivity contribution in [2.45, 2.75) is 75.9 Å². The molecule has 2 N–H and O–H groups in total. The number of amides is 1. The van der Waals surface area contributed by atoms with Crippen molar-refractivity contribution in [3.8, 4) is 5.75 Å². The number of alkyl halides is 3. The van der Waals surface area contributed by atoms with E-state index in [0.717, 1.165) is 25.0 Å². The molecule has 4 rings (SSSR count). The molecule has 0 spiro atoms. The van der Waals surface area contributed by atoms with Crippen molar-refractivity contribution in [1.82, 2.24) is 9.80 Å². The van der Waals surface area contributed by atoms with Crippen LogP contribution in [0.15, 0.2) is 71.6 Å². The molecular weight excluding hydrogens is 695 g/mol. The maximum Gasteiger partial charge on any atom is 0.416 e. The standard InChI is InChI=1S/C36H45ClF3N3O6S/c1-24-20-43(25(2)23-44)35(45)32-19-30(41-50(46,47)31-15-12-29(37)13-16-31)14-17-33(32)49-26(3)7-5-6-18-48-34(24)22-42(4)21-27-8-10-28(11-9-27)36(38,39)40/h8-17,19,24-26,34,41,44H,5-7,18,20-23H2,1-4H3/t24-,25-,26-,34-/m0/s1. The molecule has 1 aliphatic heterocycles. The van der Waals surface area contributed by atoms with E-state index >= 15 is 0 Å². The SMILES string of the molecule is C[C@H]1CCCCO[C@@H](CN(C)Cc2ccc(C(F)(F)F)cc2)[C@@H](C)CN([C@@H](C)CO)C(=O)c2cc(NS(=O)(=O)c3ccc(Cl)cc3)ccc2O1. The molecule has 3 aromatic carbocycles. The molecule has 0 fully saturated rings. The summed E-state index contributed by atoms with van der Waals surface area (Å²) in [6.45, 7) is 6.71. The van der Waals surface area contributed by atoms with Crippen LogP contribution in [0.3, 0.4) is 0 Å². The molecule has 1 aliphatic rings. The number of ether oxygens (including phenoxy) is 2. The van der Waals surface area contributed by atoms with Crippen LogP contribution in [0.4, 0.5) is 18.9 Å². The summed E-state index contributed by atoms with van der Waals surface area (Å²) in [7, 11) is -2.15. The highest BCUT2D eigenvalue weighted by Gasteiger charge is 2.32. The fourth-order valence-corrected chi connectivity index (χ4v) is 6.93. The first-order valence-electron chi connectivity index (χ1n) is 16.5. The average molecular weight is 740 g/mol. The summed E-state index contributed by atoms with van der Waals surface area (Å²) in [5.41, 5.74) is 0.296. The number of nitrogens with one attached hydrogen (secondary N) is 1. The molecule has 0 saturated carbocycles. The van der Waals surface area contributed by atoms with Crippen molar-refractivity contribution in [3.05, 3.63) is 88.4 Å². The summed E-state index contributed by atoms with van der Waals surface area (Å²) in [4.78, 5) is 17.9. The number of sulfonamides is 1. The first kappa shape index (κ1) is 39.4. The Kier molecular flexibility index (Phi) is 13.6. The molecule has 0 radical (unpaired) electrons. The molecule has 0 saturated heterocycles. The Morgan fingerprint density at radius 3 is 2.38 bits per heavy atom. The van der Waals surface area contributed by atoms with Gasteiger partial charge in [0, 0.05) is 42.9 Å². The number of anilines is 1. The second kappa shape index (κ2) is 17.2. The molecule has 14 heteroatoms. The van der Waals surface area contributed by atoms with Gasteiger partial charge in [-0.25, -0.2) is 8.42 Å². The van der Waals surface area contributed by atoms with Gasteiger partial charge in [0.2, 0.25) is 0 Å². The van der Waals surface area contributed by atoms with Crippen LogP contribution in [-0.2, 0) is 27.5 Å². The molecule has 1 heterocycles. The van der Waals surface area contributed by atoms with E-state index in [1.807, 2.05) is 25.8 Å². The number of carbonyl (C=O) groups excluding carboxylic acids is 1. The highest BCUT2D eigenvalue weighted by Crippen LogP contribution is 2.31. The molecule has 0 unspecified atom stereocenters. The molecule has 50 heavy (non-hydrogen) atoms. The third-order valence-corrected chi connectivity index (χ3v) is 10.3. The number of rotatable bonds is 9. The zero-order chi connectivity index (χ0) is 36.6. The zero-order valence-corrected chi connectivity index (χ0v) is 30.2. The van der Waals surface area contributed by atoms with Crippen molar-refractivity contribution in [1.29, 1.82) is 0 Å². The lowest BCUT2D eigenvalue weighted by Crippen LogP contribution is -2.47. The van der Waals surface area contributed by atoms with E-state index in [4.69, 9.17) is 21.1 Å². The first-order chi connectivity index (χ1) is 23.6. The van der Waals surface area contributed by atoms with E-state index in [2.05, 4.69) is 4.72 Å². The van der Waals surface area contributed by atoms with Crippen LogP contribution < -0.4 is 9.46 Å². The number of nitrogens with zero attached hydrogens (tertiary/aromatic N) is 2. The number of aliphatic hydroxyl groups excluding tert-OH is 1. The van der Waals surface area contributed by atoms with Gasteiger partial charge in [-0.3, -0.25) is 14.4 Å². The zero-order valence-electron chi connectivity index (χ0n) is 28.6. The van der Waals surface area contributed by atoms with Crippen LogP contribution in [0, 0.1) is 5.92 Å². The Bertz CT molecular complexity index is 1680. The monoisotopic (exact) mass is 739 g/mol. The number of fused-ring (bicyclic) bond motifs is 1. The molecule has 0 aliphatic carbocycles. The van der Waals surface area contributed by atoms with Crippen molar-refractivity contribution >= 4 is 33.2 Å². The van der Waals surface area contributed by atoms with Crippen molar-refractivity contribution < 1.29 is 41.0 Å². The normalized spacial score (nSPS) is 20.5. The molecule has 3 aromatic rings. The van der Waals surface area contributed by atoms with E-state index in [9.17, 15) is 31.5 Å². The Morgan fingerprint density at radius 2 is 1.74 bits per heavy atom. The largest absolute Gasteiger partial charge is 0.490 e. The minimum Gasteiger partial charge on any atom is -0.490 e. The minimum atomic E-state index is -4.41. The second-order valence-electron chi connectivity index (χ2n) is 13.0. The molecular formula is C36H45ClF3N3O6S. The van der Waals surface area contributed by atoms with Crippen LogP contribution in [0.1, 0.15) is 61.5 Å². The van der Waals surface area contributed by atoms with Gasteiger partial charge in [-0.2, -0.15) is 13.2 Å². The summed E-state index contributed by atoms with van der Waals surface area (Å²) in [5, 5.41) is 10.6. The Balaban J connectivity index is 1.61. The van der Waals surface area contributed by atoms with Gasteiger partial charge in [0.05, 0.1) is 40.9 Å². The molecule has 9 nitrogen and oxygen atoms in total. The van der Waals surface area contributed by atoms with Crippen LogP contribution in [0.2, 0.25) is 5.02 Å². The number of hydrogen-bond donors (Lipinski definition) is 2. The van der Waals surface area contributed by atoms with E-state index in [1.165, 1.54) is 53.4 Å². The maximum absolute atomic E-state index is 14.4. The number of hydrogen-bond acceptors (Lipinski definition) is 7. The molecule has 1 amide bonds. The topological polar surface area (TPSA) is 108 Å². The van der Waals surface area contributed by atoms with Crippen molar-refractivity contribution in [2.24, 2.45) is 5.92 Å².